The molecule has 1 aliphatic carbocycles. The molecule has 10 heteroatoms. The minimum Gasteiger partial charge on any atom is -0.478 e. The zero-order chi connectivity index (χ0) is 23.3. The van der Waals surface area contributed by atoms with E-state index < -0.39 is 21.7 Å². The third-order valence-corrected chi connectivity index (χ3v) is 8.10. The van der Waals surface area contributed by atoms with Crippen molar-refractivity contribution in [3.8, 4) is 21.6 Å². The minimum atomic E-state index is -1.29. The second kappa shape index (κ2) is 7.84. The van der Waals surface area contributed by atoms with Gasteiger partial charge in [-0.2, -0.15) is 0 Å². The maximum Gasteiger partial charge on any atom is 0.336 e. The number of hydrogen-bond acceptors (Lipinski definition) is 6. The van der Waals surface area contributed by atoms with Crippen LogP contribution in [0.4, 0.5) is 11.4 Å². The van der Waals surface area contributed by atoms with Crippen LogP contribution < -0.4 is 0 Å². The van der Waals surface area contributed by atoms with E-state index in [0.29, 0.717) is 22.3 Å². The first-order chi connectivity index (χ1) is 15.8. The molecule has 162 valence electrons. The van der Waals surface area contributed by atoms with Gasteiger partial charge in [0.1, 0.15) is 0 Å². The molecule has 33 heavy (non-hydrogen) atoms. The van der Waals surface area contributed by atoms with Gasteiger partial charge in [0.2, 0.25) is 0 Å². The Hall–Kier alpha value is -4.02. The van der Waals surface area contributed by atoms with E-state index >= 15 is 0 Å². The van der Waals surface area contributed by atoms with Crippen LogP contribution in [0.25, 0.3) is 21.6 Å². The van der Waals surface area contributed by atoms with Crippen molar-refractivity contribution in [1.82, 2.24) is 0 Å². The van der Waals surface area contributed by atoms with Gasteiger partial charge in [0, 0.05) is 41.5 Å². The lowest BCUT2D eigenvalue weighted by molar-refractivity contribution is -0.385. The number of non-ortho nitro benzene ring substituents is 2. The van der Waals surface area contributed by atoms with Crippen molar-refractivity contribution >= 4 is 38.0 Å². The van der Waals surface area contributed by atoms with Gasteiger partial charge >= 0.3 is 16.3 Å². The number of aromatic carboxylic acids is 1. The Kier molecular flexibility index (Phi) is 4.95. The van der Waals surface area contributed by atoms with E-state index in [0.717, 1.165) is 21.4 Å². The van der Waals surface area contributed by atoms with Crippen molar-refractivity contribution in [2.24, 2.45) is 0 Å². The highest BCUT2D eigenvalue weighted by Gasteiger charge is 2.39. The predicted octanol–water partition coefficient (Wildman–Crippen LogP) is 6.43. The van der Waals surface area contributed by atoms with Gasteiger partial charge in [0.15, 0.2) is 10.3 Å². The number of benzene rings is 3. The van der Waals surface area contributed by atoms with Crippen molar-refractivity contribution in [1.29, 1.82) is 0 Å². The van der Waals surface area contributed by atoms with E-state index in [-0.39, 0.29) is 16.9 Å². The smallest absolute Gasteiger partial charge is 0.336 e. The molecule has 8 nitrogen and oxygen atoms in total. The Morgan fingerprint density at radius 2 is 1.61 bits per heavy atom. The zero-order valence-corrected chi connectivity index (χ0v) is 18.3. The van der Waals surface area contributed by atoms with Crippen LogP contribution in [-0.4, -0.2) is 20.9 Å². The lowest BCUT2D eigenvalue weighted by Crippen LogP contribution is -2.04. The molecular formula is C23H13N2O6S2+. The molecule has 3 aromatic carbocycles. The molecule has 0 radical (unpaired) electrons. The number of rotatable bonds is 5. The second-order valence-electron chi connectivity index (χ2n) is 7.43. The maximum absolute atomic E-state index is 12.0. The van der Waals surface area contributed by atoms with E-state index in [9.17, 15) is 30.1 Å². The fourth-order valence-electron chi connectivity index (χ4n) is 4.19. The van der Waals surface area contributed by atoms with Crippen molar-refractivity contribution in [3.05, 3.63) is 109 Å². The summed E-state index contributed by atoms with van der Waals surface area (Å²) in [5.41, 5.74) is 2.29. The van der Waals surface area contributed by atoms with Crippen molar-refractivity contribution in [3.63, 3.8) is 0 Å². The first-order valence-corrected chi connectivity index (χ1v) is 11.8. The van der Waals surface area contributed by atoms with E-state index in [2.05, 4.69) is 0 Å². The molecule has 1 heterocycles. The van der Waals surface area contributed by atoms with E-state index in [1.54, 1.807) is 0 Å². The molecule has 1 N–H and O–H groups in total. The van der Waals surface area contributed by atoms with Gasteiger partial charge in [0.25, 0.3) is 16.3 Å². The summed E-state index contributed by atoms with van der Waals surface area (Å²) in [6.45, 7) is 0. The quantitative estimate of drug-likeness (QED) is 0.135. The third kappa shape index (κ3) is 3.45. The molecule has 1 unspecified atom stereocenters. The van der Waals surface area contributed by atoms with Crippen LogP contribution in [-0.2, 0) is 0 Å². The lowest BCUT2D eigenvalue weighted by atomic mass is 9.93. The highest BCUT2D eigenvalue weighted by molar-refractivity contribution is 7.70. The Morgan fingerprint density at radius 1 is 0.909 bits per heavy atom. The largest absolute Gasteiger partial charge is 0.478 e. The average molecular weight is 477 g/mol. The summed E-state index contributed by atoms with van der Waals surface area (Å²) in [6, 6.07) is 18.4. The van der Waals surface area contributed by atoms with Gasteiger partial charge in [-0.05, 0) is 34.9 Å². The number of carbonyl (C=O) groups is 1. The van der Waals surface area contributed by atoms with Gasteiger partial charge in [-0.15, -0.1) is 0 Å². The number of carboxylic acids is 1. The number of hydrogen-bond donors (Lipinski definition) is 1. The van der Waals surface area contributed by atoms with Crippen LogP contribution >= 0.6 is 20.7 Å². The fourth-order valence-corrected chi connectivity index (χ4v) is 6.80. The molecule has 0 saturated carbocycles. The van der Waals surface area contributed by atoms with Gasteiger partial charge in [-0.3, -0.25) is 20.2 Å². The van der Waals surface area contributed by atoms with Gasteiger partial charge < -0.3 is 5.11 Å². The standard InChI is InChI=1S/C23H12N2O6S2/c26-23(27)18-10-14(25(30)31)9-17-21(18)15-7-6-13(24(28)29)8-16(15)22(17)20-11-19(32-33-20)12-4-2-1-3-5-12/h1-11,22H/p+1. The van der Waals surface area contributed by atoms with Gasteiger partial charge in [-0.25, -0.2) is 4.79 Å². The van der Waals surface area contributed by atoms with E-state index in [1.165, 1.54) is 44.9 Å². The van der Waals surface area contributed by atoms with Gasteiger partial charge in [-0.1, -0.05) is 18.2 Å². The molecule has 0 fully saturated rings. The number of nitrogens with zero attached hydrogens (tertiary/aromatic N) is 2. The molecule has 5 rings (SSSR count). The summed E-state index contributed by atoms with van der Waals surface area (Å²) in [5, 5.41) is 32.8. The Labute approximate surface area is 193 Å². The fraction of sp³-hybridized carbons (Fsp3) is 0.0435. The minimum absolute atomic E-state index is 0.124. The molecule has 0 bridgehead atoms. The number of fused-ring (bicyclic) bond motifs is 3. The van der Waals surface area contributed by atoms with Crippen LogP contribution in [0.5, 0.6) is 0 Å². The van der Waals surface area contributed by atoms with E-state index in [4.69, 9.17) is 0 Å². The van der Waals surface area contributed by atoms with Crippen LogP contribution in [0.3, 0.4) is 0 Å². The molecule has 1 aliphatic rings. The summed E-state index contributed by atoms with van der Waals surface area (Å²) in [5.74, 6) is -1.84. The first kappa shape index (κ1) is 20.9. The molecular weight excluding hydrogens is 464 g/mol. The van der Waals surface area contributed by atoms with Gasteiger partial charge in [0.05, 0.1) is 26.2 Å². The Bertz CT molecular complexity index is 1470. The molecule has 1 aromatic heterocycles. The Morgan fingerprint density at radius 3 is 2.27 bits per heavy atom. The maximum atomic E-state index is 12.0. The summed E-state index contributed by atoms with van der Waals surface area (Å²) in [7, 11) is 2.99. The third-order valence-electron chi connectivity index (χ3n) is 5.58. The summed E-state index contributed by atoms with van der Waals surface area (Å²) < 4.78 is 0. The zero-order valence-electron chi connectivity index (χ0n) is 16.6. The number of carboxylic acid groups (broad SMARTS) is 1. The normalized spacial score (nSPS) is 13.9. The van der Waals surface area contributed by atoms with Crippen molar-refractivity contribution < 1.29 is 19.7 Å². The highest BCUT2D eigenvalue weighted by Crippen LogP contribution is 2.53. The second-order valence-corrected chi connectivity index (χ2v) is 9.67. The molecule has 0 amide bonds. The number of nitro groups is 2. The summed E-state index contributed by atoms with van der Waals surface area (Å²) in [4.78, 5) is 35.7. The van der Waals surface area contributed by atoms with E-state index in [1.807, 2.05) is 36.4 Å². The predicted molar refractivity (Wildman–Crippen MR) is 125 cm³/mol. The first-order valence-electron chi connectivity index (χ1n) is 9.68. The molecule has 0 saturated heterocycles. The number of nitro benzene ring substituents is 2. The summed E-state index contributed by atoms with van der Waals surface area (Å²) >= 11 is 0. The average Bonchev–Trinajstić information content (AvgIpc) is 3.40. The lowest BCUT2D eigenvalue weighted by Gasteiger charge is -2.10. The Balaban J connectivity index is 1.78. The molecule has 0 spiro atoms. The monoisotopic (exact) mass is 477 g/mol. The van der Waals surface area contributed by atoms with Crippen LogP contribution in [0.15, 0.2) is 66.7 Å². The van der Waals surface area contributed by atoms with Crippen LogP contribution in [0, 0.1) is 20.2 Å². The van der Waals surface area contributed by atoms with Crippen LogP contribution in [0.2, 0.25) is 0 Å². The van der Waals surface area contributed by atoms with Crippen molar-refractivity contribution in [2.45, 2.75) is 5.92 Å². The topological polar surface area (TPSA) is 124 Å². The SMILES string of the molecule is O=C(O)c1cc([N+](=O)[O-])cc2c1-c1ccc([N+](=O)[O-])cc1C2c1cc(-c2ccccc2)[s+]s1. The van der Waals surface area contributed by atoms with Crippen LogP contribution in [0.1, 0.15) is 32.3 Å². The summed E-state index contributed by atoms with van der Waals surface area (Å²) in [6.07, 6.45) is 0. The highest BCUT2D eigenvalue weighted by atomic mass is 32.9. The molecule has 1 atom stereocenters. The molecule has 0 aliphatic heterocycles. The van der Waals surface area contributed by atoms with Crippen molar-refractivity contribution in [2.75, 3.05) is 0 Å². The molecule has 4 aromatic rings.